The van der Waals surface area contributed by atoms with Crippen LogP contribution in [0.25, 0.3) is 11.0 Å². The van der Waals surface area contributed by atoms with E-state index in [2.05, 4.69) is 10.6 Å². The second-order valence-corrected chi connectivity index (χ2v) is 5.76. The highest BCUT2D eigenvalue weighted by Crippen LogP contribution is 2.21. The number of anilines is 2. The standard InChI is InChI=1S/C16H12N2O4S/c1-9(19)17-12-8-10-7-11(4-5-13(10)22-16(12)21)18-15(20)14-3-2-6-23-14/h2-8H,1H3,(H,17,19)(H,18,20). The molecule has 2 amide bonds. The average Bonchev–Trinajstić information content (AvgIpc) is 3.02. The van der Waals surface area contributed by atoms with E-state index in [1.807, 2.05) is 5.38 Å². The van der Waals surface area contributed by atoms with Crippen molar-refractivity contribution >= 4 is 45.5 Å². The number of rotatable bonds is 3. The summed E-state index contributed by atoms with van der Waals surface area (Å²) in [4.78, 5) is 35.5. The van der Waals surface area contributed by atoms with Crippen molar-refractivity contribution in [3.63, 3.8) is 0 Å². The molecule has 0 aliphatic heterocycles. The van der Waals surface area contributed by atoms with Crippen molar-refractivity contribution in [3.8, 4) is 0 Å². The quantitative estimate of drug-likeness (QED) is 0.723. The van der Waals surface area contributed by atoms with Crippen molar-refractivity contribution in [2.75, 3.05) is 10.6 Å². The van der Waals surface area contributed by atoms with Gasteiger partial charge in [-0.25, -0.2) is 4.79 Å². The molecule has 1 aromatic carbocycles. The van der Waals surface area contributed by atoms with Crippen LogP contribution in [0, 0.1) is 0 Å². The van der Waals surface area contributed by atoms with Gasteiger partial charge in [0.1, 0.15) is 11.3 Å². The van der Waals surface area contributed by atoms with E-state index in [-0.39, 0.29) is 17.5 Å². The molecule has 3 rings (SSSR count). The minimum Gasteiger partial charge on any atom is -0.421 e. The molecule has 7 heteroatoms. The molecule has 0 saturated carbocycles. The summed E-state index contributed by atoms with van der Waals surface area (Å²) in [5.41, 5.74) is 0.381. The fraction of sp³-hybridized carbons (Fsp3) is 0.0625. The van der Waals surface area contributed by atoms with Crippen LogP contribution < -0.4 is 16.3 Å². The molecule has 23 heavy (non-hydrogen) atoms. The van der Waals surface area contributed by atoms with Crippen LogP contribution in [0.3, 0.4) is 0 Å². The normalized spacial score (nSPS) is 10.5. The molecule has 0 unspecified atom stereocenters. The highest BCUT2D eigenvalue weighted by molar-refractivity contribution is 7.12. The van der Waals surface area contributed by atoms with E-state index < -0.39 is 5.63 Å². The topological polar surface area (TPSA) is 88.4 Å². The zero-order chi connectivity index (χ0) is 16.4. The zero-order valence-corrected chi connectivity index (χ0v) is 12.9. The molecule has 0 aliphatic rings. The molecule has 0 spiro atoms. The van der Waals surface area contributed by atoms with E-state index in [4.69, 9.17) is 4.42 Å². The monoisotopic (exact) mass is 328 g/mol. The summed E-state index contributed by atoms with van der Waals surface area (Å²) in [5, 5.41) is 7.61. The van der Waals surface area contributed by atoms with Gasteiger partial charge in [-0.05, 0) is 35.7 Å². The van der Waals surface area contributed by atoms with Gasteiger partial charge >= 0.3 is 5.63 Å². The van der Waals surface area contributed by atoms with Crippen LogP contribution in [-0.2, 0) is 4.79 Å². The molecular formula is C16H12N2O4S. The molecule has 0 saturated heterocycles. The van der Waals surface area contributed by atoms with E-state index in [1.165, 1.54) is 24.3 Å². The smallest absolute Gasteiger partial charge is 0.360 e. The van der Waals surface area contributed by atoms with Crippen molar-refractivity contribution in [3.05, 3.63) is 57.1 Å². The molecule has 2 heterocycles. The highest BCUT2D eigenvalue weighted by Gasteiger charge is 2.10. The van der Waals surface area contributed by atoms with Crippen molar-refractivity contribution in [2.24, 2.45) is 0 Å². The maximum atomic E-state index is 12.0. The fourth-order valence-electron chi connectivity index (χ4n) is 2.08. The third kappa shape index (κ3) is 3.29. The lowest BCUT2D eigenvalue weighted by Crippen LogP contribution is -2.14. The summed E-state index contributed by atoms with van der Waals surface area (Å²) < 4.78 is 5.14. The zero-order valence-electron chi connectivity index (χ0n) is 12.1. The Kier molecular flexibility index (Phi) is 3.94. The Balaban J connectivity index is 1.94. The van der Waals surface area contributed by atoms with Crippen LogP contribution in [0.15, 0.2) is 51.0 Å². The van der Waals surface area contributed by atoms with Crippen molar-refractivity contribution in [1.29, 1.82) is 0 Å². The minimum absolute atomic E-state index is 0.0618. The van der Waals surface area contributed by atoms with Gasteiger partial charge in [-0.2, -0.15) is 0 Å². The molecule has 0 atom stereocenters. The Bertz CT molecular complexity index is 944. The van der Waals surface area contributed by atoms with Crippen LogP contribution in [0.5, 0.6) is 0 Å². The predicted molar refractivity (Wildman–Crippen MR) is 89.1 cm³/mol. The lowest BCUT2D eigenvalue weighted by atomic mass is 10.2. The summed E-state index contributed by atoms with van der Waals surface area (Å²) in [6, 6.07) is 9.97. The Morgan fingerprint density at radius 3 is 2.65 bits per heavy atom. The third-order valence-corrected chi connectivity index (χ3v) is 3.91. The van der Waals surface area contributed by atoms with Crippen molar-refractivity contribution < 1.29 is 14.0 Å². The third-order valence-electron chi connectivity index (χ3n) is 3.05. The molecule has 0 radical (unpaired) electrons. The SMILES string of the molecule is CC(=O)Nc1cc2cc(NC(=O)c3cccs3)ccc2oc1=O. The van der Waals surface area contributed by atoms with Crippen molar-refractivity contribution in [1.82, 2.24) is 0 Å². The van der Waals surface area contributed by atoms with E-state index in [9.17, 15) is 14.4 Å². The van der Waals surface area contributed by atoms with Crippen LogP contribution in [0.4, 0.5) is 11.4 Å². The predicted octanol–water partition coefficient (Wildman–Crippen LogP) is 3.07. The second kappa shape index (κ2) is 6.05. The maximum Gasteiger partial charge on any atom is 0.360 e. The number of carbonyl (C=O) groups excluding carboxylic acids is 2. The van der Waals surface area contributed by atoms with Crippen LogP contribution in [0.1, 0.15) is 16.6 Å². The first-order chi connectivity index (χ1) is 11.0. The van der Waals surface area contributed by atoms with Gasteiger partial charge in [-0.1, -0.05) is 6.07 Å². The molecular weight excluding hydrogens is 316 g/mol. The minimum atomic E-state index is -0.622. The van der Waals surface area contributed by atoms with Gasteiger partial charge in [0.05, 0.1) is 4.88 Å². The van der Waals surface area contributed by atoms with Gasteiger partial charge in [-0.3, -0.25) is 9.59 Å². The number of hydrogen-bond donors (Lipinski definition) is 2. The van der Waals surface area contributed by atoms with E-state index in [0.29, 0.717) is 21.5 Å². The molecule has 6 nitrogen and oxygen atoms in total. The summed E-state index contributed by atoms with van der Waals surface area (Å²) in [5.74, 6) is -0.572. The first-order valence-electron chi connectivity index (χ1n) is 6.73. The molecule has 116 valence electrons. The van der Waals surface area contributed by atoms with Crippen LogP contribution >= 0.6 is 11.3 Å². The van der Waals surface area contributed by atoms with Gasteiger partial charge in [0.15, 0.2) is 0 Å². The highest BCUT2D eigenvalue weighted by atomic mass is 32.1. The first-order valence-corrected chi connectivity index (χ1v) is 7.61. The molecule has 0 bridgehead atoms. The number of fused-ring (bicyclic) bond motifs is 1. The van der Waals surface area contributed by atoms with E-state index >= 15 is 0 Å². The van der Waals surface area contributed by atoms with Crippen LogP contribution in [-0.4, -0.2) is 11.8 Å². The Labute approximate surface area is 134 Å². The lowest BCUT2D eigenvalue weighted by molar-refractivity contribution is -0.114. The number of thiophene rings is 1. The number of nitrogens with one attached hydrogen (secondary N) is 2. The van der Waals surface area contributed by atoms with Gasteiger partial charge in [0.2, 0.25) is 5.91 Å². The average molecular weight is 328 g/mol. The van der Waals surface area contributed by atoms with E-state index in [0.717, 1.165) is 0 Å². The summed E-state index contributed by atoms with van der Waals surface area (Å²) in [6.07, 6.45) is 0. The lowest BCUT2D eigenvalue weighted by Gasteiger charge is -2.06. The first kappa shape index (κ1) is 15.0. The number of hydrogen-bond acceptors (Lipinski definition) is 5. The molecule has 0 fully saturated rings. The fourth-order valence-corrected chi connectivity index (χ4v) is 2.70. The van der Waals surface area contributed by atoms with E-state index in [1.54, 1.807) is 30.3 Å². The van der Waals surface area contributed by atoms with Crippen molar-refractivity contribution in [2.45, 2.75) is 6.92 Å². The molecule has 2 N–H and O–H groups in total. The second-order valence-electron chi connectivity index (χ2n) is 4.81. The molecule has 0 aliphatic carbocycles. The maximum absolute atomic E-state index is 12.0. The largest absolute Gasteiger partial charge is 0.421 e. The molecule has 2 aromatic heterocycles. The van der Waals surface area contributed by atoms with Gasteiger partial charge in [0, 0.05) is 18.0 Å². The summed E-state index contributed by atoms with van der Waals surface area (Å²) in [6.45, 7) is 1.31. The number of carbonyl (C=O) groups is 2. The number of benzene rings is 1. The van der Waals surface area contributed by atoms with Gasteiger partial charge < -0.3 is 15.1 Å². The summed E-state index contributed by atoms with van der Waals surface area (Å²) >= 11 is 1.35. The number of amides is 2. The Morgan fingerprint density at radius 2 is 1.96 bits per heavy atom. The van der Waals surface area contributed by atoms with Crippen LogP contribution in [0.2, 0.25) is 0 Å². The van der Waals surface area contributed by atoms with Gasteiger partial charge in [-0.15, -0.1) is 11.3 Å². The van der Waals surface area contributed by atoms with Gasteiger partial charge in [0.25, 0.3) is 5.91 Å². The summed E-state index contributed by atoms with van der Waals surface area (Å²) in [7, 11) is 0. The molecule has 3 aromatic rings. The Hall–Kier alpha value is -2.93. The Morgan fingerprint density at radius 1 is 1.13 bits per heavy atom.